The quantitative estimate of drug-likeness (QED) is 0.440. The number of ether oxygens (including phenoxy) is 1. The van der Waals surface area contributed by atoms with Crippen LogP contribution in [-0.2, 0) is 23.1 Å². The Labute approximate surface area is 192 Å². The molecule has 0 atom stereocenters. The molecule has 1 aliphatic carbocycles. The van der Waals surface area contributed by atoms with Crippen LogP contribution in [0, 0.1) is 5.92 Å². The van der Waals surface area contributed by atoms with Crippen molar-refractivity contribution in [2.45, 2.75) is 30.8 Å². The second-order valence-electron chi connectivity index (χ2n) is 7.62. The standard InChI is InChI=1S/C22H23Cl2N3O3S/c1-30-19-6-8-20(9-7-19)31(28,29)27(13-16-2-3-16)15-22-25-10-11-26(22)14-17-4-5-18(23)12-21(17)24/h4-12,16H,2-3,13-15H2,1H3. The van der Waals surface area contributed by atoms with Gasteiger partial charge in [0, 0.05) is 29.0 Å². The lowest BCUT2D eigenvalue weighted by atomic mass is 10.2. The normalized spacial score (nSPS) is 14.2. The van der Waals surface area contributed by atoms with Gasteiger partial charge >= 0.3 is 0 Å². The van der Waals surface area contributed by atoms with Gasteiger partial charge in [-0.15, -0.1) is 0 Å². The molecule has 4 rings (SSSR count). The van der Waals surface area contributed by atoms with Crippen molar-refractivity contribution in [2.24, 2.45) is 5.92 Å². The summed E-state index contributed by atoms with van der Waals surface area (Å²) in [6, 6.07) is 11.8. The van der Waals surface area contributed by atoms with Gasteiger partial charge in [-0.3, -0.25) is 0 Å². The average Bonchev–Trinajstić information content (AvgIpc) is 3.47. The molecular weight excluding hydrogens is 457 g/mol. The summed E-state index contributed by atoms with van der Waals surface area (Å²) < 4.78 is 35.4. The van der Waals surface area contributed by atoms with E-state index in [0.29, 0.717) is 40.6 Å². The van der Waals surface area contributed by atoms with Crippen LogP contribution in [0.3, 0.4) is 0 Å². The lowest BCUT2D eigenvalue weighted by Crippen LogP contribution is -2.33. The molecule has 1 aliphatic rings. The van der Waals surface area contributed by atoms with E-state index < -0.39 is 10.0 Å². The summed E-state index contributed by atoms with van der Waals surface area (Å²) in [4.78, 5) is 4.67. The van der Waals surface area contributed by atoms with Crippen LogP contribution in [-0.4, -0.2) is 35.9 Å². The fourth-order valence-corrected chi connectivity index (χ4v) is 5.30. The predicted molar refractivity (Wildman–Crippen MR) is 121 cm³/mol. The molecule has 9 heteroatoms. The largest absolute Gasteiger partial charge is 0.497 e. The minimum atomic E-state index is -3.68. The minimum Gasteiger partial charge on any atom is -0.497 e. The number of imidazole rings is 1. The first kappa shape index (κ1) is 22.1. The Kier molecular flexibility index (Phi) is 6.57. The SMILES string of the molecule is COc1ccc(S(=O)(=O)N(Cc2nccn2Cc2ccc(Cl)cc2Cl)CC2CC2)cc1. The van der Waals surface area contributed by atoms with Crippen molar-refractivity contribution in [3.8, 4) is 5.75 Å². The van der Waals surface area contributed by atoms with Crippen LogP contribution < -0.4 is 4.74 Å². The molecule has 0 amide bonds. The third-order valence-electron chi connectivity index (χ3n) is 5.33. The van der Waals surface area contributed by atoms with E-state index in [9.17, 15) is 8.42 Å². The lowest BCUT2D eigenvalue weighted by Gasteiger charge is -2.22. The van der Waals surface area contributed by atoms with Crippen molar-refractivity contribution < 1.29 is 13.2 Å². The van der Waals surface area contributed by atoms with Crippen molar-refractivity contribution in [1.82, 2.24) is 13.9 Å². The van der Waals surface area contributed by atoms with Gasteiger partial charge in [-0.2, -0.15) is 4.31 Å². The van der Waals surface area contributed by atoms with Crippen molar-refractivity contribution in [2.75, 3.05) is 13.7 Å². The Morgan fingerprint density at radius 2 is 1.90 bits per heavy atom. The van der Waals surface area contributed by atoms with E-state index in [1.807, 2.05) is 16.8 Å². The predicted octanol–water partition coefficient (Wildman–Crippen LogP) is 4.85. The van der Waals surface area contributed by atoms with E-state index in [1.165, 1.54) is 4.31 Å². The van der Waals surface area contributed by atoms with Crippen LogP contribution in [0.25, 0.3) is 0 Å². The molecule has 31 heavy (non-hydrogen) atoms. The molecule has 1 fully saturated rings. The van der Waals surface area contributed by atoms with Crippen LogP contribution in [0.5, 0.6) is 5.75 Å². The first-order valence-corrected chi connectivity index (χ1v) is 12.1. The second-order valence-corrected chi connectivity index (χ2v) is 10.4. The van der Waals surface area contributed by atoms with Crippen molar-refractivity contribution in [3.05, 3.63) is 76.3 Å². The fraction of sp³-hybridized carbons (Fsp3) is 0.318. The molecule has 0 radical (unpaired) electrons. The number of hydrogen-bond donors (Lipinski definition) is 0. The summed E-state index contributed by atoms with van der Waals surface area (Å²) >= 11 is 12.3. The average molecular weight is 480 g/mol. The van der Waals surface area contributed by atoms with Gasteiger partial charge in [0.15, 0.2) is 0 Å². The summed E-state index contributed by atoms with van der Waals surface area (Å²) in [5, 5.41) is 1.13. The van der Waals surface area contributed by atoms with Gasteiger partial charge in [-0.25, -0.2) is 13.4 Å². The second kappa shape index (κ2) is 9.20. The maximum Gasteiger partial charge on any atom is 0.243 e. The summed E-state index contributed by atoms with van der Waals surface area (Å²) in [5.41, 5.74) is 0.886. The van der Waals surface area contributed by atoms with Crippen LogP contribution in [0.2, 0.25) is 10.0 Å². The smallest absolute Gasteiger partial charge is 0.243 e. The molecule has 0 N–H and O–H groups in total. The highest BCUT2D eigenvalue weighted by Crippen LogP contribution is 2.33. The first-order valence-electron chi connectivity index (χ1n) is 9.95. The van der Waals surface area contributed by atoms with E-state index in [-0.39, 0.29) is 11.4 Å². The Balaban J connectivity index is 1.59. The number of nitrogens with zero attached hydrogens (tertiary/aromatic N) is 3. The monoisotopic (exact) mass is 479 g/mol. The molecule has 1 saturated carbocycles. The molecule has 3 aromatic rings. The van der Waals surface area contributed by atoms with Gasteiger partial charge in [0.05, 0.1) is 25.1 Å². The molecule has 1 heterocycles. The molecule has 164 valence electrons. The highest BCUT2D eigenvalue weighted by molar-refractivity contribution is 7.89. The van der Waals surface area contributed by atoms with Crippen molar-refractivity contribution >= 4 is 33.2 Å². The highest BCUT2D eigenvalue weighted by atomic mass is 35.5. The molecule has 1 aromatic heterocycles. The molecule has 0 saturated heterocycles. The van der Waals surface area contributed by atoms with Crippen molar-refractivity contribution in [1.29, 1.82) is 0 Å². The van der Waals surface area contributed by atoms with Crippen LogP contribution >= 0.6 is 23.2 Å². The number of benzene rings is 2. The molecular formula is C22H23Cl2N3O3S. The van der Waals surface area contributed by atoms with Crippen LogP contribution in [0.4, 0.5) is 0 Å². The van der Waals surface area contributed by atoms with E-state index in [1.54, 1.807) is 49.7 Å². The Bertz CT molecular complexity index is 1160. The van der Waals surface area contributed by atoms with Gasteiger partial charge in [0.2, 0.25) is 10.0 Å². The van der Waals surface area contributed by atoms with Gasteiger partial charge in [0.1, 0.15) is 11.6 Å². The zero-order valence-electron chi connectivity index (χ0n) is 17.0. The van der Waals surface area contributed by atoms with Gasteiger partial charge < -0.3 is 9.30 Å². The summed E-state index contributed by atoms with van der Waals surface area (Å²) in [6.45, 7) is 1.14. The van der Waals surface area contributed by atoms with Crippen LogP contribution in [0.15, 0.2) is 59.8 Å². The molecule has 2 aromatic carbocycles. The number of aromatic nitrogens is 2. The number of sulfonamides is 1. The Morgan fingerprint density at radius 3 is 2.55 bits per heavy atom. The molecule has 0 bridgehead atoms. The maximum absolute atomic E-state index is 13.4. The van der Waals surface area contributed by atoms with Gasteiger partial charge in [0.25, 0.3) is 0 Å². The molecule has 6 nitrogen and oxygen atoms in total. The van der Waals surface area contributed by atoms with Crippen molar-refractivity contribution in [3.63, 3.8) is 0 Å². The van der Waals surface area contributed by atoms with Crippen LogP contribution in [0.1, 0.15) is 24.2 Å². The topological polar surface area (TPSA) is 64.4 Å². The Morgan fingerprint density at radius 1 is 1.16 bits per heavy atom. The lowest BCUT2D eigenvalue weighted by molar-refractivity contribution is 0.377. The maximum atomic E-state index is 13.4. The highest BCUT2D eigenvalue weighted by Gasteiger charge is 2.32. The summed E-state index contributed by atoms with van der Waals surface area (Å²) in [5.74, 6) is 1.66. The van der Waals surface area contributed by atoms with Gasteiger partial charge in [-0.05, 0) is 60.7 Å². The fourth-order valence-electron chi connectivity index (χ4n) is 3.36. The zero-order chi connectivity index (χ0) is 22.0. The number of methoxy groups -OCH3 is 1. The molecule has 0 spiro atoms. The number of hydrogen-bond acceptors (Lipinski definition) is 4. The third-order valence-corrected chi connectivity index (χ3v) is 7.74. The summed E-state index contributed by atoms with van der Waals surface area (Å²) in [7, 11) is -2.13. The number of halogens is 2. The van der Waals surface area contributed by atoms with E-state index >= 15 is 0 Å². The first-order chi connectivity index (χ1) is 14.9. The zero-order valence-corrected chi connectivity index (χ0v) is 19.4. The summed E-state index contributed by atoms with van der Waals surface area (Å²) in [6.07, 6.45) is 5.59. The molecule has 0 aliphatic heterocycles. The number of rotatable bonds is 9. The van der Waals surface area contributed by atoms with Gasteiger partial charge in [-0.1, -0.05) is 29.3 Å². The van der Waals surface area contributed by atoms with E-state index in [0.717, 1.165) is 18.4 Å². The molecule has 0 unspecified atom stereocenters. The van der Waals surface area contributed by atoms with E-state index in [4.69, 9.17) is 27.9 Å². The minimum absolute atomic E-state index is 0.184. The van der Waals surface area contributed by atoms with E-state index in [2.05, 4.69) is 4.98 Å². The third kappa shape index (κ3) is 5.23. The Hall–Kier alpha value is -2.06.